The molecule has 0 radical (unpaired) electrons. The molecule has 112 valence electrons. The molecular formula is C16H19NO4. The molecule has 0 amide bonds. The van der Waals surface area contributed by atoms with E-state index in [1.165, 1.54) is 12.1 Å². The molecule has 0 saturated carbocycles. The third kappa shape index (κ3) is 3.65. The maximum Gasteiger partial charge on any atom is 0.150 e. The molecule has 0 aliphatic heterocycles. The highest BCUT2D eigenvalue weighted by molar-refractivity contribution is 5.48. The van der Waals surface area contributed by atoms with Crippen molar-refractivity contribution in [2.75, 3.05) is 18.1 Å². The number of hydrogen-bond donors (Lipinski definition) is 4. The Bertz CT molecular complexity index is 553. The average Bonchev–Trinajstić information content (AvgIpc) is 2.50. The number of anilines is 1. The van der Waals surface area contributed by atoms with Crippen molar-refractivity contribution in [3.63, 3.8) is 0 Å². The van der Waals surface area contributed by atoms with Crippen molar-refractivity contribution in [3.05, 3.63) is 54.1 Å². The Morgan fingerprint density at radius 3 is 2.10 bits per heavy atom. The van der Waals surface area contributed by atoms with Crippen molar-refractivity contribution < 1.29 is 20.4 Å². The first kappa shape index (κ1) is 15.2. The van der Waals surface area contributed by atoms with E-state index in [4.69, 9.17) is 0 Å². The number of hydrogen-bond acceptors (Lipinski definition) is 5. The number of phenolic OH excluding ortho intramolecular Hbond substituents is 2. The molecule has 2 aromatic carbocycles. The van der Waals surface area contributed by atoms with Gasteiger partial charge in [-0.3, -0.25) is 0 Å². The fraction of sp³-hybridized carbons (Fsp3) is 0.250. The predicted molar refractivity (Wildman–Crippen MR) is 80.4 cm³/mol. The Balaban J connectivity index is 2.17. The first-order valence-corrected chi connectivity index (χ1v) is 6.74. The molecule has 5 nitrogen and oxygen atoms in total. The lowest BCUT2D eigenvalue weighted by molar-refractivity contribution is 0.0917. The molecule has 1 unspecified atom stereocenters. The molecule has 1 atom stereocenters. The minimum Gasteiger partial charge on any atom is -0.508 e. The van der Waals surface area contributed by atoms with E-state index >= 15 is 0 Å². The van der Waals surface area contributed by atoms with Gasteiger partial charge in [-0.1, -0.05) is 24.3 Å². The van der Waals surface area contributed by atoms with Gasteiger partial charge in [-0.05, 0) is 30.7 Å². The minimum absolute atomic E-state index is 0.0153. The SMILES string of the molecule is OCC(O)N(CCc1c(O)cccc1O)c1ccccc1. The van der Waals surface area contributed by atoms with Crippen LogP contribution >= 0.6 is 0 Å². The van der Waals surface area contributed by atoms with E-state index in [0.29, 0.717) is 18.5 Å². The smallest absolute Gasteiger partial charge is 0.150 e. The van der Waals surface area contributed by atoms with E-state index in [9.17, 15) is 20.4 Å². The van der Waals surface area contributed by atoms with Crippen molar-refractivity contribution in [1.29, 1.82) is 0 Å². The van der Waals surface area contributed by atoms with Gasteiger partial charge in [0.1, 0.15) is 17.7 Å². The topological polar surface area (TPSA) is 84.2 Å². The fourth-order valence-corrected chi connectivity index (χ4v) is 2.22. The molecule has 21 heavy (non-hydrogen) atoms. The highest BCUT2D eigenvalue weighted by Crippen LogP contribution is 2.27. The predicted octanol–water partition coefficient (Wildman–Crippen LogP) is 1.46. The van der Waals surface area contributed by atoms with E-state index in [1.807, 2.05) is 30.3 Å². The molecular weight excluding hydrogens is 270 g/mol. The zero-order valence-electron chi connectivity index (χ0n) is 11.6. The fourth-order valence-electron chi connectivity index (χ4n) is 2.22. The quantitative estimate of drug-likeness (QED) is 0.605. The summed E-state index contributed by atoms with van der Waals surface area (Å²) in [7, 11) is 0. The molecule has 0 aliphatic rings. The Morgan fingerprint density at radius 2 is 1.52 bits per heavy atom. The van der Waals surface area contributed by atoms with Gasteiger partial charge < -0.3 is 25.3 Å². The maximum atomic E-state index is 9.94. The number of para-hydroxylation sites is 1. The normalized spacial score (nSPS) is 12.1. The van der Waals surface area contributed by atoms with Crippen molar-refractivity contribution in [2.24, 2.45) is 0 Å². The Kier molecular flexibility index (Phi) is 5.03. The highest BCUT2D eigenvalue weighted by atomic mass is 16.3. The highest BCUT2D eigenvalue weighted by Gasteiger charge is 2.17. The Labute approximate surface area is 123 Å². The zero-order chi connectivity index (χ0) is 15.2. The summed E-state index contributed by atoms with van der Waals surface area (Å²) < 4.78 is 0. The molecule has 0 bridgehead atoms. The maximum absolute atomic E-state index is 9.94. The molecule has 2 rings (SSSR count). The van der Waals surface area contributed by atoms with E-state index in [2.05, 4.69) is 0 Å². The van der Waals surface area contributed by atoms with Crippen LogP contribution in [0.1, 0.15) is 5.56 Å². The van der Waals surface area contributed by atoms with Gasteiger partial charge in [-0.15, -0.1) is 0 Å². The molecule has 0 saturated heterocycles. The van der Waals surface area contributed by atoms with Gasteiger partial charge in [0.15, 0.2) is 0 Å². The van der Waals surface area contributed by atoms with Crippen molar-refractivity contribution >= 4 is 5.69 Å². The minimum atomic E-state index is -1.04. The summed E-state index contributed by atoms with van der Waals surface area (Å²) in [5.41, 5.74) is 1.18. The number of benzene rings is 2. The average molecular weight is 289 g/mol. The van der Waals surface area contributed by atoms with Crippen LogP contribution in [0.15, 0.2) is 48.5 Å². The number of phenols is 2. The number of aliphatic hydroxyl groups is 2. The van der Waals surface area contributed by atoms with Gasteiger partial charge >= 0.3 is 0 Å². The number of nitrogens with zero attached hydrogens (tertiary/aromatic N) is 1. The van der Waals surface area contributed by atoms with Crippen LogP contribution in [0, 0.1) is 0 Å². The molecule has 2 aromatic rings. The summed E-state index contributed by atoms with van der Waals surface area (Å²) in [5, 5.41) is 38.7. The van der Waals surface area contributed by atoms with E-state index < -0.39 is 12.8 Å². The Hall–Kier alpha value is -2.24. The van der Waals surface area contributed by atoms with E-state index in [0.717, 1.165) is 5.69 Å². The van der Waals surface area contributed by atoms with Crippen LogP contribution in [0.2, 0.25) is 0 Å². The molecule has 0 heterocycles. The van der Waals surface area contributed by atoms with Crippen LogP contribution in [0.4, 0.5) is 5.69 Å². The van der Waals surface area contributed by atoms with Gasteiger partial charge in [0.2, 0.25) is 0 Å². The van der Waals surface area contributed by atoms with Crippen LogP contribution in [0.5, 0.6) is 11.5 Å². The van der Waals surface area contributed by atoms with Crippen molar-refractivity contribution in [3.8, 4) is 11.5 Å². The summed E-state index contributed by atoms with van der Waals surface area (Å²) >= 11 is 0. The van der Waals surface area contributed by atoms with Crippen LogP contribution in [-0.4, -0.2) is 39.8 Å². The van der Waals surface area contributed by atoms with Gasteiger partial charge in [0, 0.05) is 17.8 Å². The number of aromatic hydroxyl groups is 2. The monoisotopic (exact) mass is 289 g/mol. The molecule has 4 N–H and O–H groups in total. The summed E-state index contributed by atoms with van der Waals surface area (Å²) in [5.74, 6) is 0.0306. The molecule has 5 heteroatoms. The van der Waals surface area contributed by atoms with Gasteiger partial charge in [0.25, 0.3) is 0 Å². The van der Waals surface area contributed by atoms with Crippen molar-refractivity contribution in [1.82, 2.24) is 0 Å². The lowest BCUT2D eigenvalue weighted by Gasteiger charge is -2.29. The third-order valence-corrected chi connectivity index (χ3v) is 3.34. The molecule has 0 spiro atoms. The Morgan fingerprint density at radius 1 is 0.905 bits per heavy atom. The number of rotatable bonds is 6. The second-order valence-corrected chi connectivity index (χ2v) is 4.72. The largest absolute Gasteiger partial charge is 0.508 e. The zero-order valence-corrected chi connectivity index (χ0v) is 11.6. The lowest BCUT2D eigenvalue weighted by atomic mass is 10.1. The van der Waals surface area contributed by atoms with E-state index in [-0.39, 0.29) is 11.5 Å². The molecule has 0 aromatic heterocycles. The lowest BCUT2D eigenvalue weighted by Crippen LogP contribution is -2.39. The van der Waals surface area contributed by atoms with Crippen LogP contribution in [0.25, 0.3) is 0 Å². The summed E-state index contributed by atoms with van der Waals surface area (Å²) in [6, 6.07) is 13.8. The van der Waals surface area contributed by atoms with Crippen LogP contribution in [-0.2, 0) is 6.42 Å². The second kappa shape index (κ2) is 6.97. The van der Waals surface area contributed by atoms with Gasteiger partial charge in [-0.2, -0.15) is 0 Å². The van der Waals surface area contributed by atoms with Crippen molar-refractivity contribution in [2.45, 2.75) is 12.6 Å². The van der Waals surface area contributed by atoms with E-state index in [1.54, 1.807) is 11.0 Å². The van der Waals surface area contributed by atoms with Gasteiger partial charge in [-0.25, -0.2) is 0 Å². The van der Waals surface area contributed by atoms with Gasteiger partial charge in [0.05, 0.1) is 6.61 Å². The summed E-state index contributed by atoms with van der Waals surface area (Å²) in [6.45, 7) is -0.0570. The van der Waals surface area contributed by atoms with Crippen LogP contribution < -0.4 is 4.90 Å². The second-order valence-electron chi connectivity index (χ2n) is 4.72. The molecule has 0 fully saturated rings. The first-order chi connectivity index (χ1) is 10.1. The number of aliphatic hydroxyl groups excluding tert-OH is 2. The standard InChI is InChI=1S/C16H19NO4/c18-11-16(21)17(12-5-2-1-3-6-12)10-9-13-14(19)7-4-8-15(13)20/h1-8,16,18-21H,9-11H2. The summed E-state index contributed by atoms with van der Waals surface area (Å²) in [6.07, 6.45) is -0.704. The van der Waals surface area contributed by atoms with Crippen LogP contribution in [0.3, 0.4) is 0 Å². The molecule has 0 aliphatic carbocycles. The third-order valence-electron chi connectivity index (χ3n) is 3.34. The summed E-state index contributed by atoms with van der Waals surface area (Å²) in [4.78, 5) is 1.62. The first-order valence-electron chi connectivity index (χ1n) is 6.74.